The van der Waals surface area contributed by atoms with Crippen molar-refractivity contribution < 1.29 is 0 Å². The summed E-state index contributed by atoms with van der Waals surface area (Å²) in [6.07, 6.45) is 0. The Morgan fingerprint density at radius 3 is 1.00 bits per heavy atom. The predicted octanol–water partition coefficient (Wildman–Crippen LogP) is 11.1. The van der Waals surface area contributed by atoms with Crippen molar-refractivity contribution in [3.05, 3.63) is 170 Å². The average Bonchev–Trinajstić information content (AvgIpc) is 3.74. The maximum absolute atomic E-state index is 5.21. The molecule has 0 amide bonds. The Labute approximate surface area is 306 Å². The molecule has 252 valence electrons. The van der Waals surface area contributed by atoms with Crippen molar-refractivity contribution in [2.75, 3.05) is 19.0 Å². The van der Waals surface area contributed by atoms with E-state index in [1.807, 2.05) is 36.4 Å². The molecule has 0 bridgehead atoms. The van der Waals surface area contributed by atoms with Gasteiger partial charge in [-0.1, -0.05) is 133 Å². The maximum Gasteiger partial charge on any atom is 0.164 e. The van der Waals surface area contributed by atoms with Gasteiger partial charge in [0.2, 0.25) is 0 Å². The van der Waals surface area contributed by atoms with Gasteiger partial charge in [-0.3, -0.25) is 0 Å². The minimum Gasteiger partial charge on any atom is -0.374 e. The summed E-state index contributed by atoms with van der Waals surface area (Å²) in [6.45, 7) is 0. The van der Waals surface area contributed by atoms with E-state index < -0.39 is 0 Å². The molecule has 0 atom stereocenters. The first-order chi connectivity index (χ1) is 26.1. The summed E-state index contributed by atoms with van der Waals surface area (Å²) in [7, 11) is 4.27. The highest BCUT2D eigenvalue weighted by molar-refractivity contribution is 6.12. The van der Waals surface area contributed by atoms with Crippen LogP contribution >= 0.6 is 0 Å². The second-order valence-electron chi connectivity index (χ2n) is 13.5. The molecule has 6 nitrogen and oxygen atoms in total. The first kappa shape index (κ1) is 30.7. The molecule has 0 aliphatic heterocycles. The largest absolute Gasteiger partial charge is 0.374 e. The van der Waals surface area contributed by atoms with Gasteiger partial charge in [-0.25, -0.2) is 15.0 Å². The molecule has 0 spiro atoms. The van der Waals surface area contributed by atoms with E-state index in [-0.39, 0.29) is 0 Å². The number of para-hydroxylation sites is 4. The van der Waals surface area contributed by atoms with Gasteiger partial charge < -0.3 is 14.0 Å². The van der Waals surface area contributed by atoms with Gasteiger partial charge in [0.25, 0.3) is 0 Å². The number of nitrogens with zero attached hydrogens (tertiary/aromatic N) is 6. The third-order valence-corrected chi connectivity index (χ3v) is 10.1. The van der Waals surface area contributed by atoms with Crippen LogP contribution in [0.4, 0.5) is 5.69 Å². The van der Waals surface area contributed by atoms with Crippen LogP contribution in [-0.2, 0) is 0 Å². The summed E-state index contributed by atoms with van der Waals surface area (Å²) < 4.78 is 4.80. The molecule has 0 saturated heterocycles. The molecule has 10 rings (SSSR count). The van der Waals surface area contributed by atoms with Crippen LogP contribution in [0, 0.1) is 0 Å². The zero-order chi connectivity index (χ0) is 35.5. The van der Waals surface area contributed by atoms with Crippen LogP contribution in [0.15, 0.2) is 170 Å². The third kappa shape index (κ3) is 4.99. The molecular formula is C47H34N6. The van der Waals surface area contributed by atoms with E-state index in [0.29, 0.717) is 17.5 Å². The lowest BCUT2D eigenvalue weighted by Crippen LogP contribution is -2.16. The average molecular weight is 683 g/mol. The van der Waals surface area contributed by atoms with Gasteiger partial charge >= 0.3 is 0 Å². The Morgan fingerprint density at radius 1 is 0.358 bits per heavy atom. The van der Waals surface area contributed by atoms with E-state index in [0.717, 1.165) is 55.8 Å². The lowest BCUT2D eigenvalue weighted by Gasteiger charge is -2.26. The molecule has 0 aliphatic rings. The van der Waals surface area contributed by atoms with Gasteiger partial charge in [0.15, 0.2) is 17.5 Å². The highest BCUT2D eigenvalue weighted by atomic mass is 15.1. The SMILES string of the molecule is CN(C)c1c(-n2c3ccccc3c3ccccc32)cc(-c2nc(-c3ccccc3)nc(-c3ccccc3)n2)cc1-n1c2ccccc2c2ccccc21. The van der Waals surface area contributed by atoms with Gasteiger partial charge in [0.05, 0.1) is 39.1 Å². The Kier molecular flexibility index (Phi) is 7.15. The molecule has 0 aliphatic carbocycles. The molecule has 0 fully saturated rings. The number of anilines is 1. The quantitative estimate of drug-likeness (QED) is 0.175. The van der Waals surface area contributed by atoms with Gasteiger partial charge in [-0.15, -0.1) is 0 Å². The fraction of sp³-hybridized carbons (Fsp3) is 0.0426. The normalized spacial score (nSPS) is 11.6. The van der Waals surface area contributed by atoms with Gasteiger partial charge in [-0.2, -0.15) is 0 Å². The molecule has 0 N–H and O–H groups in total. The lowest BCUT2D eigenvalue weighted by molar-refractivity contribution is 1.04. The number of fused-ring (bicyclic) bond motifs is 6. The third-order valence-electron chi connectivity index (χ3n) is 10.1. The fourth-order valence-electron chi connectivity index (χ4n) is 7.83. The zero-order valence-corrected chi connectivity index (χ0v) is 29.3. The second kappa shape index (κ2) is 12.3. The number of aromatic nitrogens is 5. The zero-order valence-electron chi connectivity index (χ0n) is 29.3. The van der Waals surface area contributed by atoms with E-state index in [9.17, 15) is 0 Å². The molecule has 53 heavy (non-hydrogen) atoms. The highest BCUT2D eigenvalue weighted by Crippen LogP contribution is 2.43. The molecule has 0 radical (unpaired) electrons. The van der Waals surface area contributed by atoms with Crippen molar-refractivity contribution in [2.45, 2.75) is 0 Å². The van der Waals surface area contributed by atoms with Crippen molar-refractivity contribution in [1.82, 2.24) is 24.1 Å². The first-order valence-corrected chi connectivity index (χ1v) is 17.8. The summed E-state index contributed by atoms with van der Waals surface area (Å²) in [5.41, 5.74) is 10.4. The van der Waals surface area contributed by atoms with E-state index in [4.69, 9.17) is 15.0 Å². The van der Waals surface area contributed by atoms with Gasteiger partial charge in [0, 0.05) is 52.3 Å². The molecule has 10 aromatic rings. The monoisotopic (exact) mass is 682 g/mol. The summed E-state index contributed by atoms with van der Waals surface area (Å²) in [4.78, 5) is 17.7. The minimum absolute atomic E-state index is 0.604. The Bertz CT molecular complexity index is 2680. The second-order valence-corrected chi connectivity index (χ2v) is 13.5. The molecule has 3 heterocycles. The lowest BCUT2D eigenvalue weighted by atomic mass is 10.1. The van der Waals surface area contributed by atoms with Crippen LogP contribution in [0.25, 0.3) is 89.2 Å². The van der Waals surface area contributed by atoms with Crippen LogP contribution in [0.3, 0.4) is 0 Å². The van der Waals surface area contributed by atoms with Crippen LogP contribution < -0.4 is 4.90 Å². The van der Waals surface area contributed by atoms with Gasteiger partial charge in [0.1, 0.15) is 0 Å². The molecule has 0 unspecified atom stereocenters. The van der Waals surface area contributed by atoms with Crippen molar-refractivity contribution in [1.29, 1.82) is 0 Å². The van der Waals surface area contributed by atoms with E-state index in [1.165, 1.54) is 21.5 Å². The van der Waals surface area contributed by atoms with Crippen molar-refractivity contribution in [2.24, 2.45) is 0 Å². The number of hydrogen-bond donors (Lipinski definition) is 0. The Morgan fingerprint density at radius 2 is 0.660 bits per heavy atom. The molecule has 0 saturated carbocycles. The molecule has 7 aromatic carbocycles. The summed E-state index contributed by atoms with van der Waals surface area (Å²) in [5, 5.41) is 4.81. The van der Waals surface area contributed by atoms with Gasteiger partial charge in [-0.05, 0) is 36.4 Å². The smallest absolute Gasteiger partial charge is 0.164 e. The molecule has 3 aromatic heterocycles. The van der Waals surface area contributed by atoms with E-state index >= 15 is 0 Å². The predicted molar refractivity (Wildman–Crippen MR) is 219 cm³/mol. The van der Waals surface area contributed by atoms with Crippen molar-refractivity contribution in [3.8, 4) is 45.5 Å². The van der Waals surface area contributed by atoms with E-state index in [2.05, 4.69) is 162 Å². The number of benzene rings is 7. The van der Waals surface area contributed by atoms with Crippen LogP contribution in [-0.4, -0.2) is 38.2 Å². The maximum atomic E-state index is 5.21. The molecule has 6 heteroatoms. The first-order valence-electron chi connectivity index (χ1n) is 17.8. The highest BCUT2D eigenvalue weighted by Gasteiger charge is 2.24. The van der Waals surface area contributed by atoms with E-state index in [1.54, 1.807) is 0 Å². The van der Waals surface area contributed by atoms with Crippen LogP contribution in [0.1, 0.15) is 0 Å². The Balaban J connectivity index is 1.37. The fourth-order valence-corrected chi connectivity index (χ4v) is 7.83. The Hall–Kier alpha value is -7.05. The van der Waals surface area contributed by atoms with Crippen LogP contribution in [0.2, 0.25) is 0 Å². The number of hydrogen-bond acceptors (Lipinski definition) is 4. The van der Waals surface area contributed by atoms with Crippen molar-refractivity contribution in [3.63, 3.8) is 0 Å². The molecular weight excluding hydrogens is 649 g/mol. The van der Waals surface area contributed by atoms with Crippen LogP contribution in [0.5, 0.6) is 0 Å². The van der Waals surface area contributed by atoms with Crippen molar-refractivity contribution >= 4 is 49.3 Å². The topological polar surface area (TPSA) is 51.8 Å². The standard InChI is InChI=1S/C47H34N6/c1-51(2)44-42(52-38-25-13-9-21-34(38)35-22-10-14-26-39(35)52)29-33(30-43(44)53-40-27-15-11-23-36(40)37-24-12-16-28-41(37)53)47-49-45(31-17-5-3-6-18-31)48-46(50-47)32-19-7-4-8-20-32/h3-30H,1-2H3. The number of rotatable bonds is 6. The summed E-state index contributed by atoms with van der Waals surface area (Å²) in [5.74, 6) is 1.86. The summed E-state index contributed by atoms with van der Waals surface area (Å²) in [6, 6.07) is 59.5. The minimum atomic E-state index is 0.604. The summed E-state index contributed by atoms with van der Waals surface area (Å²) >= 11 is 0.